The molecule has 1 heterocycles. The van der Waals surface area contributed by atoms with E-state index >= 15 is 0 Å². The molecule has 1 aromatic carbocycles. The Labute approximate surface area is 118 Å². The van der Waals surface area contributed by atoms with E-state index in [1.807, 2.05) is 36.0 Å². The van der Waals surface area contributed by atoms with E-state index in [1.54, 1.807) is 7.11 Å². The number of ether oxygens (including phenoxy) is 1. The van der Waals surface area contributed by atoms with Crippen LogP contribution in [0.3, 0.4) is 0 Å². The minimum atomic E-state index is 0.487. The van der Waals surface area contributed by atoms with Gasteiger partial charge < -0.3 is 15.8 Å². The normalized spacial score (nSPS) is 20.1. The molecule has 1 fully saturated rings. The number of guanidine groups is 1. The lowest BCUT2D eigenvalue weighted by Crippen LogP contribution is -2.24. The van der Waals surface area contributed by atoms with Crippen LogP contribution in [-0.2, 0) is 0 Å². The van der Waals surface area contributed by atoms with E-state index in [1.165, 1.54) is 24.3 Å². The standard InChI is InChI=1S/C14H21N3OS/c1-18-13-6-4-12(5-7-13)17-14(15)16-9-11-3-2-8-19-10-11/h4-7,11H,2-3,8-10H2,1H3,(H3,15,16,17). The van der Waals surface area contributed by atoms with Gasteiger partial charge in [0.2, 0.25) is 0 Å². The van der Waals surface area contributed by atoms with E-state index in [0.717, 1.165) is 18.0 Å². The molecule has 1 aromatic rings. The summed E-state index contributed by atoms with van der Waals surface area (Å²) in [6.07, 6.45) is 2.57. The number of thioether (sulfide) groups is 1. The van der Waals surface area contributed by atoms with Gasteiger partial charge in [0.25, 0.3) is 0 Å². The highest BCUT2D eigenvalue weighted by atomic mass is 32.2. The van der Waals surface area contributed by atoms with Gasteiger partial charge in [-0.3, -0.25) is 4.99 Å². The van der Waals surface area contributed by atoms with Gasteiger partial charge in [0.15, 0.2) is 5.96 Å². The van der Waals surface area contributed by atoms with Crippen LogP contribution in [0.1, 0.15) is 12.8 Å². The van der Waals surface area contributed by atoms with Crippen molar-refractivity contribution in [3.63, 3.8) is 0 Å². The average Bonchev–Trinajstić information content (AvgIpc) is 2.47. The molecule has 0 radical (unpaired) electrons. The molecule has 1 aliphatic heterocycles. The molecule has 0 saturated carbocycles. The fraction of sp³-hybridized carbons (Fsp3) is 0.500. The lowest BCUT2D eigenvalue weighted by atomic mass is 10.1. The Bertz CT molecular complexity index is 413. The smallest absolute Gasteiger partial charge is 0.193 e. The zero-order valence-corrected chi connectivity index (χ0v) is 12.1. The Morgan fingerprint density at radius 1 is 1.47 bits per heavy atom. The van der Waals surface area contributed by atoms with E-state index in [4.69, 9.17) is 10.5 Å². The van der Waals surface area contributed by atoms with Crippen LogP contribution in [0.15, 0.2) is 29.3 Å². The number of rotatable bonds is 4. The van der Waals surface area contributed by atoms with Gasteiger partial charge in [-0.15, -0.1) is 0 Å². The van der Waals surface area contributed by atoms with Crippen LogP contribution in [-0.4, -0.2) is 31.1 Å². The topological polar surface area (TPSA) is 59.6 Å². The van der Waals surface area contributed by atoms with Gasteiger partial charge in [0.05, 0.1) is 7.11 Å². The number of benzene rings is 1. The van der Waals surface area contributed by atoms with Crippen molar-refractivity contribution in [3.8, 4) is 5.75 Å². The van der Waals surface area contributed by atoms with Crippen LogP contribution >= 0.6 is 11.8 Å². The van der Waals surface area contributed by atoms with Crippen molar-refractivity contribution in [2.75, 3.05) is 30.5 Å². The maximum atomic E-state index is 5.89. The molecule has 1 aliphatic rings. The summed E-state index contributed by atoms with van der Waals surface area (Å²) >= 11 is 2.02. The molecule has 1 atom stereocenters. The predicted molar refractivity (Wildman–Crippen MR) is 83.2 cm³/mol. The molecular weight excluding hydrogens is 258 g/mol. The lowest BCUT2D eigenvalue weighted by Gasteiger charge is -2.19. The van der Waals surface area contributed by atoms with Crippen molar-refractivity contribution in [1.29, 1.82) is 0 Å². The third-order valence-corrected chi connectivity index (χ3v) is 4.42. The SMILES string of the molecule is COc1ccc(NC(N)=NCC2CCCSC2)cc1. The van der Waals surface area contributed by atoms with E-state index < -0.39 is 0 Å². The summed E-state index contributed by atoms with van der Waals surface area (Å²) in [5.41, 5.74) is 6.82. The van der Waals surface area contributed by atoms with Crippen molar-refractivity contribution in [2.45, 2.75) is 12.8 Å². The van der Waals surface area contributed by atoms with Gasteiger partial charge in [-0.05, 0) is 54.5 Å². The number of aliphatic imine (C=N–C) groups is 1. The second-order valence-electron chi connectivity index (χ2n) is 4.66. The molecule has 1 unspecified atom stereocenters. The van der Waals surface area contributed by atoms with Gasteiger partial charge in [0.1, 0.15) is 5.75 Å². The van der Waals surface area contributed by atoms with Gasteiger partial charge in [-0.25, -0.2) is 0 Å². The third-order valence-electron chi connectivity index (χ3n) is 3.14. The van der Waals surface area contributed by atoms with E-state index in [2.05, 4.69) is 10.3 Å². The van der Waals surface area contributed by atoms with Crippen molar-refractivity contribution < 1.29 is 4.74 Å². The molecule has 0 aliphatic carbocycles. The van der Waals surface area contributed by atoms with Crippen LogP contribution < -0.4 is 15.8 Å². The number of methoxy groups -OCH3 is 1. The first-order valence-corrected chi connectivity index (χ1v) is 7.72. The molecule has 4 nitrogen and oxygen atoms in total. The summed E-state index contributed by atoms with van der Waals surface area (Å²) in [4.78, 5) is 4.42. The van der Waals surface area contributed by atoms with Crippen molar-refractivity contribution >= 4 is 23.4 Å². The molecular formula is C14H21N3OS. The maximum absolute atomic E-state index is 5.89. The van der Waals surface area contributed by atoms with Crippen LogP contribution in [0, 0.1) is 5.92 Å². The average molecular weight is 279 g/mol. The van der Waals surface area contributed by atoms with Crippen molar-refractivity contribution in [2.24, 2.45) is 16.6 Å². The van der Waals surface area contributed by atoms with Crippen LogP contribution in [0.4, 0.5) is 5.69 Å². The van der Waals surface area contributed by atoms with E-state index in [-0.39, 0.29) is 0 Å². The van der Waals surface area contributed by atoms with Crippen LogP contribution in [0.2, 0.25) is 0 Å². The first kappa shape index (κ1) is 14.1. The number of hydrogen-bond acceptors (Lipinski definition) is 3. The number of nitrogens with zero attached hydrogens (tertiary/aromatic N) is 1. The lowest BCUT2D eigenvalue weighted by molar-refractivity contribution is 0.415. The number of anilines is 1. The Morgan fingerprint density at radius 2 is 2.26 bits per heavy atom. The molecule has 5 heteroatoms. The van der Waals surface area contributed by atoms with Crippen LogP contribution in [0.25, 0.3) is 0 Å². The third kappa shape index (κ3) is 4.67. The molecule has 0 amide bonds. The number of nitrogens with two attached hydrogens (primary N) is 1. The minimum absolute atomic E-state index is 0.487. The highest BCUT2D eigenvalue weighted by molar-refractivity contribution is 7.99. The quantitative estimate of drug-likeness (QED) is 0.657. The zero-order chi connectivity index (χ0) is 13.5. The second kappa shape index (κ2) is 7.28. The van der Waals surface area contributed by atoms with E-state index in [0.29, 0.717) is 11.9 Å². The summed E-state index contributed by atoms with van der Waals surface area (Å²) in [5, 5.41) is 3.10. The summed E-state index contributed by atoms with van der Waals surface area (Å²) in [7, 11) is 1.65. The number of nitrogens with one attached hydrogen (secondary N) is 1. The van der Waals surface area contributed by atoms with Crippen molar-refractivity contribution in [1.82, 2.24) is 0 Å². The monoisotopic (exact) mass is 279 g/mol. The van der Waals surface area contributed by atoms with E-state index in [9.17, 15) is 0 Å². The first-order valence-electron chi connectivity index (χ1n) is 6.56. The summed E-state index contributed by atoms with van der Waals surface area (Å²) in [6, 6.07) is 7.65. The summed E-state index contributed by atoms with van der Waals surface area (Å²) < 4.78 is 5.11. The van der Waals surface area contributed by atoms with Crippen molar-refractivity contribution in [3.05, 3.63) is 24.3 Å². The summed E-state index contributed by atoms with van der Waals surface area (Å²) in [6.45, 7) is 0.821. The fourth-order valence-electron chi connectivity index (χ4n) is 2.04. The zero-order valence-electron chi connectivity index (χ0n) is 11.3. The molecule has 0 aromatic heterocycles. The maximum Gasteiger partial charge on any atom is 0.193 e. The highest BCUT2D eigenvalue weighted by Gasteiger charge is 2.12. The van der Waals surface area contributed by atoms with Crippen LogP contribution in [0.5, 0.6) is 5.75 Å². The molecule has 2 rings (SSSR count). The van der Waals surface area contributed by atoms with Gasteiger partial charge in [-0.2, -0.15) is 11.8 Å². The second-order valence-corrected chi connectivity index (χ2v) is 5.81. The number of hydrogen-bond donors (Lipinski definition) is 2. The molecule has 19 heavy (non-hydrogen) atoms. The Hall–Kier alpha value is -1.36. The predicted octanol–water partition coefficient (Wildman–Crippen LogP) is 2.57. The summed E-state index contributed by atoms with van der Waals surface area (Å²) in [5.74, 6) is 4.50. The minimum Gasteiger partial charge on any atom is -0.497 e. The largest absolute Gasteiger partial charge is 0.497 e. The van der Waals surface area contributed by atoms with Gasteiger partial charge in [0, 0.05) is 12.2 Å². The Morgan fingerprint density at radius 3 is 2.89 bits per heavy atom. The highest BCUT2D eigenvalue weighted by Crippen LogP contribution is 2.22. The molecule has 1 saturated heterocycles. The Kier molecular flexibility index (Phi) is 5.39. The fourth-order valence-corrected chi connectivity index (χ4v) is 3.18. The first-order chi connectivity index (χ1) is 9.28. The molecule has 104 valence electrons. The molecule has 0 spiro atoms. The van der Waals surface area contributed by atoms with Gasteiger partial charge >= 0.3 is 0 Å². The molecule has 0 bridgehead atoms. The molecule has 3 N–H and O–H groups in total. The van der Waals surface area contributed by atoms with Gasteiger partial charge in [-0.1, -0.05) is 0 Å². The Balaban J connectivity index is 1.82.